The number of carbonyl (C=O) groups excluding carboxylic acids is 1. The van der Waals surface area contributed by atoms with E-state index in [1.54, 1.807) is 0 Å². The first kappa shape index (κ1) is 19.3. The first-order chi connectivity index (χ1) is 13.2. The molecule has 0 spiro atoms. The predicted molar refractivity (Wildman–Crippen MR) is 109 cm³/mol. The van der Waals surface area contributed by atoms with Gasteiger partial charge in [0.2, 0.25) is 5.91 Å². The van der Waals surface area contributed by atoms with E-state index in [1.165, 1.54) is 32.1 Å². The lowest BCUT2D eigenvalue weighted by molar-refractivity contribution is -0.116. The van der Waals surface area contributed by atoms with E-state index in [-0.39, 0.29) is 5.91 Å². The number of amides is 1. The fourth-order valence-electron chi connectivity index (χ4n) is 3.55. The Balaban J connectivity index is 1.45. The number of hydrogen-bond donors (Lipinski definition) is 1. The summed E-state index contributed by atoms with van der Waals surface area (Å²) < 4.78 is 11.3. The molecule has 4 nitrogen and oxygen atoms in total. The molecule has 0 heterocycles. The monoisotopic (exact) mass is 367 g/mol. The topological polar surface area (TPSA) is 47.6 Å². The second-order valence-corrected chi connectivity index (χ2v) is 7.12. The molecule has 27 heavy (non-hydrogen) atoms. The Morgan fingerprint density at radius 1 is 0.926 bits per heavy atom. The van der Waals surface area contributed by atoms with Crippen LogP contribution in [0.4, 0.5) is 5.69 Å². The molecule has 1 fully saturated rings. The van der Waals surface area contributed by atoms with Crippen molar-refractivity contribution in [2.75, 3.05) is 11.9 Å². The van der Waals surface area contributed by atoms with E-state index in [9.17, 15) is 4.79 Å². The SMILES string of the molecule is CCOc1ccc(Oc2ccc(NC(=O)CCC3CCCCC3)cc2)cc1. The summed E-state index contributed by atoms with van der Waals surface area (Å²) in [6, 6.07) is 15.0. The molecular formula is C23H29NO3. The van der Waals surface area contributed by atoms with Gasteiger partial charge < -0.3 is 14.8 Å². The third-order valence-corrected chi connectivity index (χ3v) is 5.01. The van der Waals surface area contributed by atoms with Gasteiger partial charge in [0.05, 0.1) is 6.61 Å². The molecule has 0 aliphatic heterocycles. The molecule has 0 bridgehead atoms. The summed E-state index contributed by atoms with van der Waals surface area (Å²) in [6.07, 6.45) is 8.17. The summed E-state index contributed by atoms with van der Waals surface area (Å²) in [5.41, 5.74) is 0.808. The Morgan fingerprint density at radius 3 is 2.15 bits per heavy atom. The van der Waals surface area contributed by atoms with Crippen LogP contribution >= 0.6 is 0 Å². The van der Waals surface area contributed by atoms with Crippen molar-refractivity contribution in [3.05, 3.63) is 48.5 Å². The number of anilines is 1. The Hall–Kier alpha value is -2.49. The lowest BCUT2D eigenvalue weighted by Gasteiger charge is -2.21. The summed E-state index contributed by atoms with van der Waals surface area (Å²) in [6.45, 7) is 2.61. The smallest absolute Gasteiger partial charge is 0.224 e. The molecule has 144 valence electrons. The maximum atomic E-state index is 12.2. The number of nitrogens with one attached hydrogen (secondary N) is 1. The first-order valence-electron chi connectivity index (χ1n) is 10.0. The van der Waals surface area contributed by atoms with Crippen LogP contribution in [0.25, 0.3) is 0 Å². The van der Waals surface area contributed by atoms with Crippen molar-refractivity contribution in [1.29, 1.82) is 0 Å². The molecule has 0 radical (unpaired) electrons. The van der Waals surface area contributed by atoms with E-state index >= 15 is 0 Å². The Labute approximate surface area is 161 Å². The molecule has 1 amide bonds. The van der Waals surface area contributed by atoms with Crippen molar-refractivity contribution in [2.24, 2.45) is 5.92 Å². The maximum absolute atomic E-state index is 12.2. The van der Waals surface area contributed by atoms with Crippen LogP contribution in [0.2, 0.25) is 0 Å². The van der Waals surface area contributed by atoms with Crippen molar-refractivity contribution in [3.63, 3.8) is 0 Å². The first-order valence-corrected chi connectivity index (χ1v) is 10.0. The molecule has 0 atom stereocenters. The average Bonchev–Trinajstić information content (AvgIpc) is 2.70. The predicted octanol–water partition coefficient (Wildman–Crippen LogP) is 6.18. The normalized spacial score (nSPS) is 14.6. The third kappa shape index (κ3) is 6.31. The summed E-state index contributed by atoms with van der Waals surface area (Å²) in [7, 11) is 0. The van der Waals surface area contributed by atoms with Gasteiger partial charge in [0.1, 0.15) is 17.2 Å². The maximum Gasteiger partial charge on any atom is 0.224 e. The average molecular weight is 367 g/mol. The molecule has 2 aromatic carbocycles. The highest BCUT2D eigenvalue weighted by molar-refractivity contribution is 5.90. The minimum atomic E-state index is 0.0979. The highest BCUT2D eigenvalue weighted by Crippen LogP contribution is 2.28. The molecule has 1 N–H and O–H groups in total. The van der Waals surface area contributed by atoms with Crippen molar-refractivity contribution < 1.29 is 14.3 Å². The Kier molecular flexibility index (Phi) is 7.14. The number of carbonyl (C=O) groups is 1. The van der Waals surface area contributed by atoms with E-state index < -0.39 is 0 Å². The molecule has 0 saturated heterocycles. The number of hydrogen-bond acceptors (Lipinski definition) is 3. The molecule has 4 heteroatoms. The molecule has 0 unspecified atom stereocenters. The van der Waals surface area contributed by atoms with Gasteiger partial charge in [0.25, 0.3) is 0 Å². The van der Waals surface area contributed by atoms with Gasteiger partial charge in [-0.2, -0.15) is 0 Å². The second kappa shape index (κ2) is 10.0. The highest BCUT2D eigenvalue weighted by Gasteiger charge is 2.14. The molecule has 2 aromatic rings. The van der Waals surface area contributed by atoms with Gasteiger partial charge >= 0.3 is 0 Å². The van der Waals surface area contributed by atoms with Crippen molar-refractivity contribution >= 4 is 11.6 Å². The van der Waals surface area contributed by atoms with Crippen LogP contribution in [0.5, 0.6) is 17.2 Å². The van der Waals surface area contributed by atoms with Gasteiger partial charge in [-0.1, -0.05) is 32.1 Å². The van der Waals surface area contributed by atoms with E-state index in [0.717, 1.165) is 35.3 Å². The van der Waals surface area contributed by atoms with E-state index in [2.05, 4.69) is 5.32 Å². The Bertz CT molecular complexity index is 703. The number of ether oxygens (including phenoxy) is 2. The van der Waals surface area contributed by atoms with Gasteiger partial charge in [-0.25, -0.2) is 0 Å². The van der Waals surface area contributed by atoms with E-state index in [4.69, 9.17) is 9.47 Å². The number of benzene rings is 2. The van der Waals surface area contributed by atoms with Crippen LogP contribution in [-0.4, -0.2) is 12.5 Å². The molecule has 1 aliphatic carbocycles. The molecular weight excluding hydrogens is 338 g/mol. The second-order valence-electron chi connectivity index (χ2n) is 7.12. The largest absolute Gasteiger partial charge is 0.494 e. The quantitative estimate of drug-likeness (QED) is 0.606. The molecule has 0 aromatic heterocycles. The van der Waals surface area contributed by atoms with Crippen LogP contribution in [-0.2, 0) is 4.79 Å². The summed E-state index contributed by atoms with van der Waals surface area (Å²) in [4.78, 5) is 12.2. The third-order valence-electron chi connectivity index (χ3n) is 5.01. The van der Waals surface area contributed by atoms with Crippen LogP contribution in [0, 0.1) is 5.92 Å². The molecule has 3 rings (SSSR count). The van der Waals surface area contributed by atoms with Crippen molar-refractivity contribution in [3.8, 4) is 17.2 Å². The van der Waals surface area contributed by atoms with Crippen LogP contribution in [0.15, 0.2) is 48.5 Å². The van der Waals surface area contributed by atoms with Gasteiger partial charge in [-0.05, 0) is 67.8 Å². The minimum Gasteiger partial charge on any atom is -0.494 e. The Morgan fingerprint density at radius 2 is 1.52 bits per heavy atom. The van der Waals surface area contributed by atoms with E-state index in [0.29, 0.717) is 13.0 Å². The fraction of sp³-hybridized carbons (Fsp3) is 0.435. The van der Waals surface area contributed by atoms with Crippen molar-refractivity contribution in [1.82, 2.24) is 0 Å². The number of rotatable bonds is 8. The lowest BCUT2D eigenvalue weighted by Crippen LogP contribution is -2.14. The lowest BCUT2D eigenvalue weighted by atomic mass is 9.86. The van der Waals surface area contributed by atoms with Gasteiger partial charge in [0.15, 0.2) is 0 Å². The summed E-state index contributed by atoms with van der Waals surface area (Å²) >= 11 is 0. The molecule has 1 aliphatic rings. The van der Waals surface area contributed by atoms with Gasteiger partial charge in [0, 0.05) is 12.1 Å². The molecule has 1 saturated carbocycles. The van der Waals surface area contributed by atoms with Crippen molar-refractivity contribution in [2.45, 2.75) is 51.9 Å². The van der Waals surface area contributed by atoms with Gasteiger partial charge in [-0.15, -0.1) is 0 Å². The standard InChI is InChI=1S/C23H29NO3/c1-2-26-20-13-15-22(16-14-20)27-21-11-9-19(10-12-21)24-23(25)17-8-18-6-4-3-5-7-18/h9-16,18H,2-8,17H2,1H3,(H,24,25). The van der Waals surface area contributed by atoms with Crippen LogP contribution in [0.1, 0.15) is 51.9 Å². The van der Waals surface area contributed by atoms with Crippen LogP contribution in [0.3, 0.4) is 0 Å². The van der Waals surface area contributed by atoms with Crippen LogP contribution < -0.4 is 14.8 Å². The van der Waals surface area contributed by atoms with Gasteiger partial charge in [-0.3, -0.25) is 4.79 Å². The zero-order valence-electron chi connectivity index (χ0n) is 16.1. The summed E-state index contributed by atoms with van der Waals surface area (Å²) in [5.74, 6) is 3.15. The zero-order chi connectivity index (χ0) is 18.9. The highest BCUT2D eigenvalue weighted by atomic mass is 16.5. The zero-order valence-corrected chi connectivity index (χ0v) is 16.1. The van der Waals surface area contributed by atoms with E-state index in [1.807, 2.05) is 55.5 Å². The minimum absolute atomic E-state index is 0.0979. The summed E-state index contributed by atoms with van der Waals surface area (Å²) in [5, 5.41) is 2.98. The fourth-order valence-corrected chi connectivity index (χ4v) is 3.55.